The van der Waals surface area contributed by atoms with Gasteiger partial charge in [-0.05, 0) is 101 Å². The molecule has 8 rings (SSSR count). The monoisotopic (exact) mass is 1040 g/mol. The van der Waals surface area contributed by atoms with E-state index in [1.165, 1.54) is 43.5 Å². The molecule has 1 aromatic heterocycles. The molecule has 0 spiro atoms. The van der Waals surface area contributed by atoms with Crippen molar-refractivity contribution < 1.29 is 68.5 Å². The van der Waals surface area contributed by atoms with Crippen LogP contribution in [0.4, 0.5) is 51.0 Å². The number of hydrazine groups is 1. The number of phenolic OH excluding ortho intramolecular Hbond substituents is 1. The Morgan fingerprint density at radius 2 is 1.44 bits per heavy atom. The average Bonchev–Trinajstić information content (AvgIpc) is 3.59. The molecule has 2 aliphatic carbocycles. The van der Waals surface area contributed by atoms with Crippen LogP contribution in [-0.4, -0.2) is 45.8 Å². The standard InChI is InChI=1S/C41H26Cl2F9IN4O6/c1-63-29-9-16(8-28(53)32(29)58)31-23-6-7-24-30(36(61)56(34(24)59)22-11-18(39(44,45)46)10-19(12-22)40(47,48)49)25(23)14-26-35(60)57(37(62)38(26,31)17-2-4-21(42)5-3-17)55-33-27(43)13-20(15-54-33)41(50,51)52/h2-6,8-13,15,24-26,30-31,58H,7,14H2,1H3,(H,54,55)/t24-,25+,26-,30-,31-,38+/m0/s1. The second kappa shape index (κ2) is 15.3. The molecule has 330 valence electrons. The molecule has 2 aliphatic heterocycles. The maximum Gasteiger partial charge on any atom is 0.417 e. The lowest BCUT2D eigenvalue weighted by Crippen LogP contribution is -2.53. The van der Waals surface area contributed by atoms with Crippen molar-refractivity contribution >= 4 is 80.9 Å². The highest BCUT2D eigenvalue weighted by molar-refractivity contribution is 14.1. The third kappa shape index (κ3) is 7.15. The second-order valence-electron chi connectivity index (χ2n) is 15.2. The lowest BCUT2D eigenvalue weighted by molar-refractivity contribution is -0.143. The molecule has 4 amide bonds. The highest BCUT2D eigenvalue weighted by Crippen LogP contribution is 2.65. The number of methoxy groups -OCH3 is 1. The van der Waals surface area contributed by atoms with E-state index in [1.54, 1.807) is 28.7 Å². The Balaban J connectivity index is 1.32. The van der Waals surface area contributed by atoms with Crippen LogP contribution in [0.3, 0.4) is 0 Å². The largest absolute Gasteiger partial charge is 0.504 e. The first kappa shape index (κ1) is 44.5. The Bertz CT molecular complexity index is 2630. The zero-order valence-corrected chi connectivity index (χ0v) is 35.3. The predicted octanol–water partition coefficient (Wildman–Crippen LogP) is 9.95. The van der Waals surface area contributed by atoms with Gasteiger partial charge in [-0.3, -0.25) is 24.6 Å². The number of carbonyl (C=O) groups is 4. The molecular weight excluding hydrogens is 1010 g/mol. The number of imide groups is 2. The Hall–Kier alpha value is -5.09. The van der Waals surface area contributed by atoms with Crippen molar-refractivity contribution in [2.75, 3.05) is 17.4 Å². The molecule has 0 bridgehead atoms. The SMILES string of the molecule is COc1cc([C@H]2C3=CC[C@@H]4C(=O)N(c5cc(C(F)(F)F)cc(C(F)(F)F)c5)C(=O)[C@@H]4[C@@H]3C[C@H]3C(=O)N(Nc4ncc(C(F)(F)F)cc4Cl)C(=O)[C@@]23c2ccc(Cl)cc2)cc(I)c1O. The van der Waals surface area contributed by atoms with Gasteiger partial charge in [0, 0.05) is 17.1 Å². The van der Waals surface area contributed by atoms with Gasteiger partial charge in [0.05, 0.1) is 61.2 Å². The molecule has 10 nitrogen and oxygen atoms in total. The number of aromatic nitrogens is 1. The van der Waals surface area contributed by atoms with E-state index in [0.717, 1.165) is 0 Å². The zero-order chi connectivity index (χ0) is 45.9. The first-order valence-electron chi connectivity index (χ1n) is 18.5. The molecular formula is C41H26Cl2F9IN4O6. The average molecular weight is 1040 g/mol. The van der Waals surface area contributed by atoms with Crippen molar-refractivity contribution in [3.05, 3.63) is 120 Å². The summed E-state index contributed by atoms with van der Waals surface area (Å²) in [5, 5.41) is 11.0. The number of halogens is 12. The molecule has 3 aromatic carbocycles. The van der Waals surface area contributed by atoms with Crippen LogP contribution < -0.4 is 15.1 Å². The van der Waals surface area contributed by atoms with E-state index in [9.17, 15) is 59.0 Å². The highest BCUT2D eigenvalue weighted by atomic mass is 127. The van der Waals surface area contributed by atoms with Gasteiger partial charge in [-0.2, -0.15) is 44.5 Å². The smallest absolute Gasteiger partial charge is 0.417 e. The Morgan fingerprint density at radius 1 is 0.825 bits per heavy atom. The van der Waals surface area contributed by atoms with Crippen molar-refractivity contribution in [1.29, 1.82) is 0 Å². The number of benzene rings is 3. The van der Waals surface area contributed by atoms with Crippen LogP contribution in [0.5, 0.6) is 11.5 Å². The van der Waals surface area contributed by atoms with Crippen molar-refractivity contribution in [2.45, 2.75) is 42.7 Å². The van der Waals surface area contributed by atoms with E-state index in [4.69, 9.17) is 27.9 Å². The summed E-state index contributed by atoms with van der Waals surface area (Å²) in [6, 6.07) is 9.55. The summed E-state index contributed by atoms with van der Waals surface area (Å²) in [6.45, 7) is 0. The number of hydrogen-bond donors (Lipinski definition) is 2. The zero-order valence-electron chi connectivity index (χ0n) is 31.6. The number of carbonyl (C=O) groups excluding carboxylic acids is 4. The van der Waals surface area contributed by atoms with Gasteiger partial charge in [-0.15, -0.1) is 0 Å². The number of nitrogens with one attached hydrogen (secondary N) is 1. The number of nitrogens with zero attached hydrogens (tertiary/aromatic N) is 3. The summed E-state index contributed by atoms with van der Waals surface area (Å²) < 4.78 is 130. The molecule has 6 atom stereocenters. The molecule has 3 fully saturated rings. The molecule has 2 N–H and O–H groups in total. The first-order valence-corrected chi connectivity index (χ1v) is 20.3. The van der Waals surface area contributed by atoms with Crippen molar-refractivity contribution in [1.82, 2.24) is 9.99 Å². The number of hydrogen-bond acceptors (Lipinski definition) is 8. The number of allylic oxidation sites excluding steroid dienone is 2. The fourth-order valence-corrected chi connectivity index (χ4v) is 10.4. The second-order valence-corrected chi connectivity index (χ2v) is 17.3. The number of ether oxygens (including phenoxy) is 1. The molecule has 2 saturated heterocycles. The van der Waals surface area contributed by atoms with Gasteiger partial charge in [0.2, 0.25) is 11.8 Å². The lowest BCUT2D eigenvalue weighted by atomic mass is 9.49. The van der Waals surface area contributed by atoms with Gasteiger partial charge in [-0.1, -0.05) is 47.0 Å². The van der Waals surface area contributed by atoms with Crippen LogP contribution in [0.15, 0.2) is 78.5 Å². The molecule has 22 heteroatoms. The molecule has 1 saturated carbocycles. The van der Waals surface area contributed by atoms with E-state index >= 15 is 4.79 Å². The van der Waals surface area contributed by atoms with Crippen LogP contribution in [0, 0.1) is 27.2 Å². The third-order valence-electron chi connectivity index (χ3n) is 12.0. The van der Waals surface area contributed by atoms with E-state index < -0.39 is 117 Å². The lowest BCUT2D eigenvalue weighted by Gasteiger charge is -2.50. The molecule has 4 aromatic rings. The van der Waals surface area contributed by atoms with E-state index in [0.29, 0.717) is 17.3 Å². The van der Waals surface area contributed by atoms with Crippen LogP contribution in [0.2, 0.25) is 10.0 Å². The topological polar surface area (TPSA) is 129 Å². The Morgan fingerprint density at radius 3 is 2.02 bits per heavy atom. The van der Waals surface area contributed by atoms with Crippen molar-refractivity contribution in [3.63, 3.8) is 0 Å². The Kier molecular flexibility index (Phi) is 10.8. The number of rotatable bonds is 6. The summed E-state index contributed by atoms with van der Waals surface area (Å²) in [5.41, 5.74) is -4.64. The summed E-state index contributed by atoms with van der Waals surface area (Å²) in [7, 11) is 1.24. The van der Waals surface area contributed by atoms with E-state index in [-0.39, 0.29) is 66.3 Å². The van der Waals surface area contributed by atoms with Crippen LogP contribution in [-0.2, 0) is 43.1 Å². The van der Waals surface area contributed by atoms with Gasteiger partial charge in [0.15, 0.2) is 17.3 Å². The predicted molar refractivity (Wildman–Crippen MR) is 213 cm³/mol. The van der Waals surface area contributed by atoms with Gasteiger partial charge in [0.1, 0.15) is 0 Å². The molecule has 4 aliphatic rings. The number of fused-ring (bicyclic) bond motifs is 4. The normalized spacial score (nSPS) is 24.9. The van der Waals surface area contributed by atoms with Crippen LogP contribution >= 0.6 is 45.8 Å². The number of alkyl halides is 9. The summed E-state index contributed by atoms with van der Waals surface area (Å²) in [4.78, 5) is 63.1. The molecule has 63 heavy (non-hydrogen) atoms. The number of amides is 4. The van der Waals surface area contributed by atoms with Crippen molar-refractivity contribution in [2.24, 2.45) is 23.7 Å². The fraction of sp³-hybridized carbons (Fsp3) is 0.293. The maximum atomic E-state index is 15.4. The summed E-state index contributed by atoms with van der Waals surface area (Å²) in [6.07, 6.45) is -14.2. The third-order valence-corrected chi connectivity index (χ3v) is 13.4. The van der Waals surface area contributed by atoms with Crippen LogP contribution in [0.25, 0.3) is 0 Å². The molecule has 0 unspecified atom stereocenters. The fourth-order valence-electron chi connectivity index (χ4n) is 9.40. The highest BCUT2D eigenvalue weighted by Gasteiger charge is 2.70. The molecule has 0 radical (unpaired) electrons. The number of pyridine rings is 1. The van der Waals surface area contributed by atoms with Gasteiger partial charge < -0.3 is 9.84 Å². The van der Waals surface area contributed by atoms with E-state index in [1.807, 2.05) is 0 Å². The minimum atomic E-state index is -5.32. The van der Waals surface area contributed by atoms with Crippen molar-refractivity contribution in [3.8, 4) is 11.5 Å². The molecule has 3 heterocycles. The first-order chi connectivity index (χ1) is 29.4. The van der Waals surface area contributed by atoms with E-state index in [2.05, 4.69) is 10.4 Å². The Labute approximate surface area is 373 Å². The minimum absolute atomic E-state index is 0.0908. The number of anilines is 2. The van der Waals surface area contributed by atoms with Crippen LogP contribution in [0.1, 0.15) is 46.6 Å². The van der Waals surface area contributed by atoms with Gasteiger partial charge in [-0.25, -0.2) is 9.88 Å². The summed E-state index contributed by atoms with van der Waals surface area (Å²) in [5.74, 6) is -12.0. The van der Waals surface area contributed by atoms with Gasteiger partial charge >= 0.3 is 18.5 Å². The minimum Gasteiger partial charge on any atom is -0.504 e. The van der Waals surface area contributed by atoms with Gasteiger partial charge in [0.25, 0.3) is 11.8 Å². The maximum absolute atomic E-state index is 15.4. The quantitative estimate of drug-likeness (QED) is 0.0846. The number of phenols is 1. The summed E-state index contributed by atoms with van der Waals surface area (Å²) >= 11 is 14.3. The number of aromatic hydroxyl groups is 1.